The lowest BCUT2D eigenvalue weighted by atomic mass is 10.1. The molecule has 4 heteroatoms. The van der Waals surface area contributed by atoms with Crippen LogP contribution in [0.1, 0.15) is 20.3 Å². The Bertz CT molecular complexity index is 164. The van der Waals surface area contributed by atoms with Crippen molar-refractivity contribution >= 4 is 5.91 Å². The highest BCUT2D eigenvalue weighted by Crippen LogP contribution is 2.00. The predicted octanol–water partition coefficient (Wildman–Crippen LogP) is -0.307. The van der Waals surface area contributed by atoms with Crippen LogP contribution in [0.15, 0.2) is 11.6 Å². The van der Waals surface area contributed by atoms with Gasteiger partial charge in [-0.2, -0.15) is 0 Å². The minimum absolute atomic E-state index is 0.237. The number of aliphatic hydroxyl groups is 1. The second-order valence-corrected chi connectivity index (χ2v) is 2.50. The van der Waals surface area contributed by atoms with Gasteiger partial charge in [0.15, 0.2) is 0 Å². The number of rotatable bonds is 3. The number of carbonyl (C=O) groups is 1. The van der Waals surface area contributed by atoms with E-state index in [2.05, 4.69) is 0 Å². The first kappa shape index (κ1) is 10.1. The van der Waals surface area contributed by atoms with Gasteiger partial charge in [-0.3, -0.25) is 10.2 Å². The highest BCUT2D eigenvalue weighted by molar-refractivity contribution is 5.77. The molecule has 0 fully saturated rings. The standard InChI is InChI=1S/C7H14N2O2/c1-5(3-6(2)10)4-7(11)9-8/h3,6,10H,4,8H2,1-2H3,(H,9,11). The Morgan fingerprint density at radius 1 is 1.82 bits per heavy atom. The van der Waals surface area contributed by atoms with E-state index in [1.54, 1.807) is 19.9 Å². The van der Waals surface area contributed by atoms with Crippen molar-refractivity contribution in [2.75, 3.05) is 0 Å². The maximum absolute atomic E-state index is 10.6. The summed E-state index contributed by atoms with van der Waals surface area (Å²) in [5.41, 5.74) is 2.82. The van der Waals surface area contributed by atoms with Gasteiger partial charge in [-0.15, -0.1) is 0 Å². The quantitative estimate of drug-likeness (QED) is 0.228. The van der Waals surface area contributed by atoms with Gasteiger partial charge in [-0.1, -0.05) is 11.6 Å². The lowest BCUT2D eigenvalue weighted by Gasteiger charge is -2.01. The molecule has 0 bridgehead atoms. The van der Waals surface area contributed by atoms with Crippen LogP contribution in [0.25, 0.3) is 0 Å². The average Bonchev–Trinajstić information content (AvgIpc) is 1.85. The third-order valence-corrected chi connectivity index (χ3v) is 1.13. The third-order valence-electron chi connectivity index (χ3n) is 1.13. The molecular formula is C7H14N2O2. The van der Waals surface area contributed by atoms with Gasteiger partial charge in [-0.05, 0) is 13.8 Å². The van der Waals surface area contributed by atoms with Gasteiger partial charge in [0.05, 0.1) is 6.10 Å². The smallest absolute Gasteiger partial charge is 0.237 e. The fourth-order valence-electron chi connectivity index (χ4n) is 0.775. The minimum Gasteiger partial charge on any atom is -0.389 e. The van der Waals surface area contributed by atoms with Crippen LogP contribution < -0.4 is 11.3 Å². The van der Waals surface area contributed by atoms with Gasteiger partial charge in [0, 0.05) is 6.42 Å². The maximum Gasteiger partial charge on any atom is 0.237 e. The molecule has 0 saturated carbocycles. The molecule has 64 valence electrons. The van der Waals surface area contributed by atoms with E-state index in [1.807, 2.05) is 5.43 Å². The summed E-state index contributed by atoms with van der Waals surface area (Å²) in [7, 11) is 0. The molecule has 0 radical (unpaired) electrons. The van der Waals surface area contributed by atoms with Crippen molar-refractivity contribution in [3.05, 3.63) is 11.6 Å². The first-order valence-electron chi connectivity index (χ1n) is 3.41. The van der Waals surface area contributed by atoms with Crippen LogP contribution in [0.3, 0.4) is 0 Å². The van der Waals surface area contributed by atoms with Crippen LogP contribution in [0.5, 0.6) is 0 Å². The second-order valence-electron chi connectivity index (χ2n) is 2.50. The Morgan fingerprint density at radius 2 is 2.36 bits per heavy atom. The lowest BCUT2D eigenvalue weighted by Crippen LogP contribution is -2.29. The Hall–Kier alpha value is -0.870. The van der Waals surface area contributed by atoms with E-state index < -0.39 is 6.10 Å². The summed E-state index contributed by atoms with van der Waals surface area (Å²) < 4.78 is 0. The van der Waals surface area contributed by atoms with Crippen LogP contribution in [-0.2, 0) is 4.79 Å². The highest BCUT2D eigenvalue weighted by Gasteiger charge is 1.99. The van der Waals surface area contributed by atoms with Gasteiger partial charge < -0.3 is 5.11 Å². The Labute approximate surface area is 66.1 Å². The molecule has 0 aromatic carbocycles. The largest absolute Gasteiger partial charge is 0.389 e. The zero-order chi connectivity index (χ0) is 8.85. The van der Waals surface area contributed by atoms with Gasteiger partial charge in [-0.25, -0.2) is 5.84 Å². The average molecular weight is 158 g/mol. The predicted molar refractivity (Wildman–Crippen MR) is 42.4 cm³/mol. The summed E-state index contributed by atoms with van der Waals surface area (Å²) in [6.45, 7) is 3.39. The van der Waals surface area contributed by atoms with E-state index in [4.69, 9.17) is 10.9 Å². The molecule has 11 heavy (non-hydrogen) atoms. The molecule has 4 N–H and O–H groups in total. The number of nitrogens with two attached hydrogens (primary N) is 1. The van der Waals surface area contributed by atoms with Crippen molar-refractivity contribution < 1.29 is 9.90 Å². The number of nitrogens with one attached hydrogen (secondary N) is 1. The fraction of sp³-hybridized carbons (Fsp3) is 0.571. The molecule has 0 aromatic heterocycles. The molecule has 0 aliphatic carbocycles. The summed E-state index contributed by atoms with van der Waals surface area (Å²) >= 11 is 0. The molecule has 4 nitrogen and oxygen atoms in total. The summed E-state index contributed by atoms with van der Waals surface area (Å²) in [6.07, 6.45) is 1.33. The van der Waals surface area contributed by atoms with E-state index in [9.17, 15) is 4.79 Å². The van der Waals surface area contributed by atoms with Crippen molar-refractivity contribution in [1.29, 1.82) is 0 Å². The molecule has 0 aromatic rings. The van der Waals surface area contributed by atoms with Gasteiger partial charge in [0.1, 0.15) is 0 Å². The normalized spacial score (nSPS) is 14.4. The minimum atomic E-state index is -0.513. The summed E-state index contributed by atoms with van der Waals surface area (Å²) in [4.78, 5) is 10.6. The van der Waals surface area contributed by atoms with Gasteiger partial charge in [0.25, 0.3) is 0 Å². The van der Waals surface area contributed by atoms with Crippen LogP contribution >= 0.6 is 0 Å². The fourth-order valence-corrected chi connectivity index (χ4v) is 0.775. The summed E-state index contributed by atoms with van der Waals surface area (Å²) in [5.74, 6) is 4.61. The van der Waals surface area contributed by atoms with Crippen LogP contribution in [0.2, 0.25) is 0 Å². The maximum atomic E-state index is 10.6. The molecule has 1 unspecified atom stereocenters. The Morgan fingerprint density at radius 3 is 2.73 bits per heavy atom. The van der Waals surface area contributed by atoms with E-state index in [0.717, 1.165) is 5.57 Å². The molecule has 0 heterocycles. The molecule has 0 rings (SSSR count). The van der Waals surface area contributed by atoms with Crippen molar-refractivity contribution in [1.82, 2.24) is 5.43 Å². The molecule has 0 spiro atoms. The zero-order valence-corrected chi connectivity index (χ0v) is 6.79. The molecule has 0 aliphatic rings. The number of aliphatic hydroxyl groups excluding tert-OH is 1. The van der Waals surface area contributed by atoms with E-state index in [1.165, 1.54) is 0 Å². The highest BCUT2D eigenvalue weighted by atomic mass is 16.3. The number of hydrogen-bond donors (Lipinski definition) is 3. The number of hydrogen-bond acceptors (Lipinski definition) is 3. The van der Waals surface area contributed by atoms with Crippen molar-refractivity contribution in [3.8, 4) is 0 Å². The molecule has 1 amide bonds. The second kappa shape index (κ2) is 4.87. The van der Waals surface area contributed by atoms with E-state index in [-0.39, 0.29) is 12.3 Å². The SMILES string of the molecule is CC(=CC(C)O)CC(=O)NN. The topological polar surface area (TPSA) is 75.3 Å². The van der Waals surface area contributed by atoms with Crippen molar-refractivity contribution in [2.24, 2.45) is 5.84 Å². The van der Waals surface area contributed by atoms with E-state index >= 15 is 0 Å². The molecular weight excluding hydrogens is 144 g/mol. The van der Waals surface area contributed by atoms with Crippen molar-refractivity contribution in [2.45, 2.75) is 26.4 Å². The zero-order valence-electron chi connectivity index (χ0n) is 6.79. The number of hydrazine groups is 1. The summed E-state index contributed by atoms with van der Waals surface area (Å²) in [5, 5.41) is 8.87. The van der Waals surface area contributed by atoms with E-state index in [0.29, 0.717) is 0 Å². The molecule has 0 aliphatic heterocycles. The van der Waals surface area contributed by atoms with Crippen LogP contribution in [0, 0.1) is 0 Å². The van der Waals surface area contributed by atoms with Gasteiger partial charge >= 0.3 is 0 Å². The van der Waals surface area contributed by atoms with Gasteiger partial charge in [0.2, 0.25) is 5.91 Å². The lowest BCUT2D eigenvalue weighted by molar-refractivity contribution is -0.120. The first-order valence-corrected chi connectivity index (χ1v) is 3.41. The van der Waals surface area contributed by atoms with Crippen LogP contribution in [-0.4, -0.2) is 17.1 Å². The number of carbonyl (C=O) groups excluding carboxylic acids is 1. The monoisotopic (exact) mass is 158 g/mol. The summed E-state index contributed by atoms with van der Waals surface area (Å²) in [6, 6.07) is 0. The first-order chi connectivity index (χ1) is 5.06. The Kier molecular flexibility index (Phi) is 4.49. The van der Waals surface area contributed by atoms with Crippen molar-refractivity contribution in [3.63, 3.8) is 0 Å². The third kappa shape index (κ3) is 5.57. The van der Waals surface area contributed by atoms with Crippen LogP contribution in [0.4, 0.5) is 0 Å². The number of amides is 1. The Balaban J connectivity index is 3.86. The molecule has 0 saturated heterocycles. The molecule has 1 atom stereocenters.